The van der Waals surface area contributed by atoms with Crippen LogP contribution in [0.1, 0.15) is 32.1 Å². The van der Waals surface area contributed by atoms with Gasteiger partial charge >= 0.3 is 0 Å². The van der Waals surface area contributed by atoms with E-state index < -0.39 is 0 Å². The van der Waals surface area contributed by atoms with E-state index in [1.54, 1.807) is 0 Å². The van der Waals surface area contributed by atoms with Crippen LogP contribution in [-0.4, -0.2) is 44.3 Å². The Balaban J connectivity index is 1.93. The summed E-state index contributed by atoms with van der Waals surface area (Å²) < 4.78 is 5.41. The van der Waals surface area contributed by atoms with Crippen LogP contribution in [-0.2, 0) is 4.74 Å². The molecule has 14 heavy (non-hydrogen) atoms. The Labute approximate surface area is 87.6 Å². The molecule has 3 heteroatoms. The maximum Gasteiger partial charge on any atom is 0.0593 e. The Morgan fingerprint density at radius 1 is 1.00 bits per heavy atom. The zero-order chi connectivity index (χ0) is 10.1. The molecule has 0 radical (unpaired) electrons. The van der Waals surface area contributed by atoms with Crippen molar-refractivity contribution >= 4 is 0 Å². The van der Waals surface area contributed by atoms with E-state index in [-0.39, 0.29) is 0 Å². The summed E-state index contributed by atoms with van der Waals surface area (Å²) >= 11 is 0. The van der Waals surface area contributed by atoms with E-state index >= 15 is 0 Å². The van der Waals surface area contributed by atoms with Gasteiger partial charge in [0.1, 0.15) is 0 Å². The normalized spacial score (nSPS) is 19.5. The van der Waals surface area contributed by atoms with Crippen molar-refractivity contribution in [1.29, 1.82) is 0 Å². The SMILES string of the molecule is NCCCCCCN1CCCOCC1. The van der Waals surface area contributed by atoms with E-state index in [1.807, 2.05) is 0 Å². The minimum Gasteiger partial charge on any atom is -0.380 e. The third-order valence-electron chi connectivity index (χ3n) is 2.74. The molecule has 1 saturated heterocycles. The number of nitrogens with two attached hydrogens (primary N) is 1. The second-order valence-corrected chi connectivity index (χ2v) is 4.01. The van der Waals surface area contributed by atoms with Gasteiger partial charge in [0, 0.05) is 19.7 Å². The van der Waals surface area contributed by atoms with Gasteiger partial charge in [-0.1, -0.05) is 12.8 Å². The fourth-order valence-corrected chi connectivity index (χ4v) is 1.85. The average molecular weight is 200 g/mol. The molecule has 0 aliphatic carbocycles. The summed E-state index contributed by atoms with van der Waals surface area (Å²) in [5, 5.41) is 0. The van der Waals surface area contributed by atoms with Gasteiger partial charge in [-0.3, -0.25) is 0 Å². The van der Waals surface area contributed by atoms with Crippen LogP contribution in [0, 0.1) is 0 Å². The minimum absolute atomic E-state index is 0.845. The van der Waals surface area contributed by atoms with Crippen LogP contribution in [0.15, 0.2) is 0 Å². The zero-order valence-electron chi connectivity index (χ0n) is 9.21. The summed E-state index contributed by atoms with van der Waals surface area (Å²) in [5.74, 6) is 0. The van der Waals surface area contributed by atoms with Crippen molar-refractivity contribution in [2.24, 2.45) is 5.73 Å². The lowest BCUT2D eigenvalue weighted by atomic mass is 10.2. The van der Waals surface area contributed by atoms with Crippen molar-refractivity contribution in [2.45, 2.75) is 32.1 Å². The highest BCUT2D eigenvalue weighted by atomic mass is 16.5. The van der Waals surface area contributed by atoms with Crippen LogP contribution in [0.25, 0.3) is 0 Å². The van der Waals surface area contributed by atoms with E-state index in [2.05, 4.69) is 4.90 Å². The fourth-order valence-electron chi connectivity index (χ4n) is 1.85. The van der Waals surface area contributed by atoms with E-state index in [0.29, 0.717) is 0 Å². The van der Waals surface area contributed by atoms with Crippen LogP contribution in [0.3, 0.4) is 0 Å². The molecule has 84 valence electrons. The molecular weight excluding hydrogens is 176 g/mol. The van der Waals surface area contributed by atoms with Crippen molar-refractivity contribution in [3.63, 3.8) is 0 Å². The molecule has 2 N–H and O–H groups in total. The second kappa shape index (κ2) is 8.21. The van der Waals surface area contributed by atoms with Crippen LogP contribution in [0.4, 0.5) is 0 Å². The summed E-state index contributed by atoms with van der Waals surface area (Å²) in [6, 6.07) is 0. The maximum absolute atomic E-state index is 5.45. The van der Waals surface area contributed by atoms with Gasteiger partial charge in [0.05, 0.1) is 6.61 Å². The minimum atomic E-state index is 0.845. The summed E-state index contributed by atoms with van der Waals surface area (Å²) in [7, 11) is 0. The Kier molecular flexibility index (Phi) is 7.01. The first-order valence-corrected chi connectivity index (χ1v) is 5.93. The molecule has 0 aromatic heterocycles. The molecule has 1 heterocycles. The number of nitrogens with zero attached hydrogens (tertiary/aromatic N) is 1. The third-order valence-corrected chi connectivity index (χ3v) is 2.74. The van der Waals surface area contributed by atoms with E-state index in [0.717, 1.165) is 26.3 Å². The van der Waals surface area contributed by atoms with Gasteiger partial charge in [-0.15, -0.1) is 0 Å². The number of unbranched alkanes of at least 4 members (excludes halogenated alkanes) is 3. The predicted molar refractivity (Wildman–Crippen MR) is 59.4 cm³/mol. The van der Waals surface area contributed by atoms with Gasteiger partial charge in [0.15, 0.2) is 0 Å². The summed E-state index contributed by atoms with van der Waals surface area (Å²) in [6.45, 7) is 6.30. The van der Waals surface area contributed by atoms with Gasteiger partial charge in [0.2, 0.25) is 0 Å². The van der Waals surface area contributed by atoms with Crippen LogP contribution < -0.4 is 5.73 Å². The second-order valence-electron chi connectivity index (χ2n) is 4.01. The molecule has 0 unspecified atom stereocenters. The number of ether oxygens (including phenoxy) is 1. The Morgan fingerprint density at radius 3 is 2.71 bits per heavy atom. The smallest absolute Gasteiger partial charge is 0.0593 e. The first kappa shape index (κ1) is 12.0. The number of hydrogen-bond donors (Lipinski definition) is 1. The monoisotopic (exact) mass is 200 g/mol. The molecule has 0 aromatic carbocycles. The molecule has 0 saturated carbocycles. The molecule has 0 amide bonds. The van der Waals surface area contributed by atoms with Crippen LogP contribution >= 0.6 is 0 Å². The first-order valence-electron chi connectivity index (χ1n) is 5.93. The first-order chi connectivity index (χ1) is 6.93. The molecule has 0 spiro atoms. The van der Waals surface area contributed by atoms with Gasteiger partial charge < -0.3 is 15.4 Å². The summed E-state index contributed by atoms with van der Waals surface area (Å²) in [5.41, 5.74) is 5.45. The van der Waals surface area contributed by atoms with Gasteiger partial charge in [-0.25, -0.2) is 0 Å². The molecule has 1 fully saturated rings. The van der Waals surface area contributed by atoms with Crippen LogP contribution in [0.5, 0.6) is 0 Å². The molecule has 0 atom stereocenters. The molecule has 1 aliphatic rings. The van der Waals surface area contributed by atoms with E-state index in [9.17, 15) is 0 Å². The largest absolute Gasteiger partial charge is 0.380 e. The van der Waals surface area contributed by atoms with Crippen molar-refractivity contribution < 1.29 is 4.74 Å². The molecule has 3 nitrogen and oxygen atoms in total. The van der Waals surface area contributed by atoms with Gasteiger partial charge in [0.25, 0.3) is 0 Å². The Morgan fingerprint density at radius 2 is 1.86 bits per heavy atom. The highest BCUT2D eigenvalue weighted by Gasteiger charge is 2.07. The van der Waals surface area contributed by atoms with Crippen molar-refractivity contribution in [3.8, 4) is 0 Å². The van der Waals surface area contributed by atoms with Crippen molar-refractivity contribution in [3.05, 3.63) is 0 Å². The Hall–Kier alpha value is -0.120. The highest BCUT2D eigenvalue weighted by molar-refractivity contribution is 4.61. The zero-order valence-corrected chi connectivity index (χ0v) is 9.21. The average Bonchev–Trinajstić information content (AvgIpc) is 2.46. The lowest BCUT2D eigenvalue weighted by Gasteiger charge is -2.18. The fraction of sp³-hybridized carbons (Fsp3) is 1.00. The third kappa shape index (κ3) is 5.58. The Bertz CT molecular complexity index is 122. The maximum atomic E-state index is 5.45. The highest BCUT2D eigenvalue weighted by Crippen LogP contribution is 2.04. The molecule has 0 aromatic rings. The molecule has 0 bridgehead atoms. The topological polar surface area (TPSA) is 38.5 Å². The van der Waals surface area contributed by atoms with Gasteiger partial charge in [-0.2, -0.15) is 0 Å². The van der Waals surface area contributed by atoms with Crippen molar-refractivity contribution in [2.75, 3.05) is 39.4 Å². The standard InChI is InChI=1S/C11H24N2O/c12-6-3-1-2-4-7-13-8-5-10-14-11-9-13/h1-12H2. The molecule has 1 rings (SSSR count). The molecule has 1 aliphatic heterocycles. The number of rotatable bonds is 6. The predicted octanol–water partition coefficient (Wildman–Crippen LogP) is 1.23. The quantitative estimate of drug-likeness (QED) is 0.655. The lowest BCUT2D eigenvalue weighted by molar-refractivity contribution is 0.141. The number of hydrogen-bond acceptors (Lipinski definition) is 3. The van der Waals surface area contributed by atoms with Gasteiger partial charge in [-0.05, 0) is 32.4 Å². The molecular formula is C11H24N2O. The van der Waals surface area contributed by atoms with Crippen LogP contribution in [0.2, 0.25) is 0 Å². The summed E-state index contributed by atoms with van der Waals surface area (Å²) in [6.07, 6.45) is 6.32. The van der Waals surface area contributed by atoms with E-state index in [1.165, 1.54) is 45.2 Å². The van der Waals surface area contributed by atoms with E-state index in [4.69, 9.17) is 10.5 Å². The summed E-state index contributed by atoms with van der Waals surface area (Å²) in [4.78, 5) is 2.52. The van der Waals surface area contributed by atoms with Crippen molar-refractivity contribution in [1.82, 2.24) is 4.90 Å². The lowest BCUT2D eigenvalue weighted by Crippen LogP contribution is -2.27.